The molecule has 0 saturated carbocycles. The lowest BCUT2D eigenvalue weighted by atomic mass is 10.0. The van der Waals surface area contributed by atoms with Crippen LogP contribution in [0.3, 0.4) is 0 Å². The fourth-order valence-corrected chi connectivity index (χ4v) is 8.43. The van der Waals surface area contributed by atoms with Crippen molar-refractivity contribution in [3.63, 3.8) is 0 Å². The molecular weight excluding hydrogens is 965 g/mol. The lowest BCUT2D eigenvalue weighted by molar-refractivity contribution is -0.160. The summed E-state index contributed by atoms with van der Waals surface area (Å²) in [5.41, 5.74) is 8.98. The molecule has 404 valence electrons. The van der Waals surface area contributed by atoms with Crippen molar-refractivity contribution >= 4 is 57.2 Å². The van der Waals surface area contributed by atoms with Crippen LogP contribution in [0.25, 0.3) is 44.3 Å². The van der Waals surface area contributed by atoms with E-state index in [4.69, 9.17) is 44.4 Å². The Bertz CT molecular complexity index is 3010. The molecule has 4 aromatic heterocycles. The molecule has 8 rings (SSSR count). The van der Waals surface area contributed by atoms with E-state index in [9.17, 15) is 19.2 Å². The fraction of sp³-hybridized carbons (Fsp3) is 0.481. The number of anilines is 2. The van der Waals surface area contributed by atoms with Crippen molar-refractivity contribution in [2.45, 2.75) is 117 Å². The SMILES string of the molecule is CC(C)Oc1cc(-c2nn(C)c3ccc(N)cc23)ccn1.CO[C@@]1(C(=O)Nc2ccc3c(c2)c(-c2ccnc(OC(C)C)c2)nn3C)CCN(C(=O)OC(C)(C)C)C1.CO[C@@]1(C(=O)O)CCN(C(=O)OC(C)(C)C)C1. The van der Waals surface area contributed by atoms with Crippen LogP contribution in [-0.4, -0.2) is 144 Å². The predicted octanol–water partition coefficient (Wildman–Crippen LogP) is 8.49. The van der Waals surface area contributed by atoms with Gasteiger partial charge >= 0.3 is 18.2 Å². The Morgan fingerprint density at radius 2 is 1.09 bits per heavy atom. The number of hydrogen-bond donors (Lipinski definition) is 3. The van der Waals surface area contributed by atoms with Gasteiger partial charge in [-0.05, 0) is 118 Å². The highest BCUT2D eigenvalue weighted by molar-refractivity contribution is 6.02. The van der Waals surface area contributed by atoms with Crippen molar-refractivity contribution in [3.8, 4) is 34.3 Å². The van der Waals surface area contributed by atoms with Gasteiger partial charge in [0.25, 0.3) is 5.91 Å². The number of nitrogens with two attached hydrogens (primary N) is 1. The minimum atomic E-state index is -1.29. The fourth-order valence-electron chi connectivity index (χ4n) is 8.43. The maximum absolute atomic E-state index is 13.4. The highest BCUT2D eigenvalue weighted by Gasteiger charge is 2.49. The molecule has 0 spiro atoms. The van der Waals surface area contributed by atoms with Gasteiger partial charge in [-0.2, -0.15) is 10.2 Å². The molecule has 2 aromatic carbocycles. The van der Waals surface area contributed by atoms with Crippen molar-refractivity contribution in [2.75, 3.05) is 51.4 Å². The zero-order valence-corrected chi connectivity index (χ0v) is 45.5. The van der Waals surface area contributed by atoms with E-state index >= 15 is 0 Å². The van der Waals surface area contributed by atoms with Crippen molar-refractivity contribution in [3.05, 3.63) is 73.1 Å². The summed E-state index contributed by atoms with van der Waals surface area (Å²) in [6, 6.07) is 19.0. The number of likely N-dealkylation sites (tertiary alicyclic amines) is 2. The van der Waals surface area contributed by atoms with Crippen molar-refractivity contribution in [1.82, 2.24) is 39.3 Å². The quantitative estimate of drug-likeness (QED) is 0.103. The molecule has 2 aliphatic heterocycles. The summed E-state index contributed by atoms with van der Waals surface area (Å²) in [4.78, 5) is 60.2. The molecule has 0 radical (unpaired) electrons. The second kappa shape index (κ2) is 22.9. The lowest BCUT2D eigenvalue weighted by Gasteiger charge is -2.28. The number of nitrogen functional groups attached to an aromatic ring is 1. The third-order valence-corrected chi connectivity index (χ3v) is 12.1. The third kappa shape index (κ3) is 14.0. The van der Waals surface area contributed by atoms with E-state index in [0.717, 1.165) is 50.0 Å². The van der Waals surface area contributed by atoms with E-state index in [2.05, 4.69) is 20.4 Å². The molecular formula is C54H72N10O11. The van der Waals surface area contributed by atoms with Crippen LogP contribution in [0.2, 0.25) is 0 Å². The molecule has 2 atom stereocenters. The first-order valence-electron chi connectivity index (χ1n) is 24.7. The zero-order chi connectivity index (χ0) is 55.2. The minimum Gasteiger partial charge on any atom is -0.479 e. The Balaban J connectivity index is 0.000000202. The smallest absolute Gasteiger partial charge is 0.410 e. The molecule has 21 heteroatoms. The number of carbonyl (C=O) groups excluding carboxylic acids is 3. The van der Waals surface area contributed by atoms with Gasteiger partial charge in [0.15, 0.2) is 11.2 Å². The molecule has 0 bridgehead atoms. The summed E-state index contributed by atoms with van der Waals surface area (Å²) < 4.78 is 36.4. The van der Waals surface area contributed by atoms with E-state index in [-0.39, 0.29) is 37.6 Å². The monoisotopic (exact) mass is 1040 g/mol. The summed E-state index contributed by atoms with van der Waals surface area (Å²) in [5.74, 6) is -0.243. The summed E-state index contributed by atoms with van der Waals surface area (Å²) in [6.07, 6.45) is 3.20. The number of hydrogen-bond acceptors (Lipinski definition) is 15. The molecule has 0 unspecified atom stereocenters. The van der Waals surface area contributed by atoms with Crippen molar-refractivity contribution in [1.29, 1.82) is 0 Å². The van der Waals surface area contributed by atoms with Crippen molar-refractivity contribution in [2.24, 2.45) is 14.1 Å². The number of aliphatic carboxylic acids is 1. The molecule has 6 aromatic rings. The summed E-state index contributed by atoms with van der Waals surface area (Å²) in [6.45, 7) is 19.4. The van der Waals surface area contributed by atoms with Gasteiger partial charge in [0, 0.05) is 112 Å². The van der Waals surface area contributed by atoms with Crippen LogP contribution in [0, 0.1) is 0 Å². The number of aromatic nitrogens is 6. The van der Waals surface area contributed by atoms with Gasteiger partial charge in [-0.15, -0.1) is 0 Å². The first kappa shape index (κ1) is 56.8. The van der Waals surface area contributed by atoms with Gasteiger partial charge in [-0.25, -0.2) is 24.4 Å². The minimum absolute atomic E-state index is 0.0000211. The Morgan fingerprint density at radius 3 is 1.52 bits per heavy atom. The van der Waals surface area contributed by atoms with Crippen LogP contribution in [0.15, 0.2) is 73.1 Å². The number of methoxy groups -OCH3 is 2. The normalized spacial score (nSPS) is 17.6. The number of nitrogens with zero attached hydrogens (tertiary/aromatic N) is 8. The number of carboxylic acids is 1. The van der Waals surface area contributed by atoms with Crippen LogP contribution in [0.5, 0.6) is 11.8 Å². The van der Waals surface area contributed by atoms with E-state index in [1.807, 2.05) is 128 Å². The number of aryl methyl sites for hydroxylation is 2. The molecule has 3 amide bonds. The van der Waals surface area contributed by atoms with E-state index in [1.165, 1.54) is 24.0 Å². The standard InChI is InChI=1S/C27H35N5O5.C16H18N4O.C11H19NO5/c1-17(2)36-22-14-18(10-12-28-22)23-20-15-19(8-9-21(20)31(6)30-23)29-24(33)27(35-7)11-13-32(16-27)25(34)37-26(3,4)5;1-10(2)21-15-8-11(6-7-18-15)16-13-9-12(17)4-5-14(13)20(3)19-16;1-10(2,3)17-9(15)12-6-5-11(7-12,16-4)8(13)14/h8-10,12,14-15,17H,11,13,16H2,1-7H3,(H,29,33);4-10H,17H2,1-3H3;5-7H2,1-4H3,(H,13,14)/t27-;;11-/m0.0/s1. The van der Waals surface area contributed by atoms with E-state index in [0.29, 0.717) is 37.0 Å². The van der Waals surface area contributed by atoms with Crippen molar-refractivity contribution < 1.29 is 52.7 Å². The summed E-state index contributed by atoms with van der Waals surface area (Å²) >= 11 is 0. The predicted molar refractivity (Wildman–Crippen MR) is 284 cm³/mol. The lowest BCUT2D eigenvalue weighted by Crippen LogP contribution is -2.48. The molecule has 6 heterocycles. The van der Waals surface area contributed by atoms with Crippen LogP contribution in [0.1, 0.15) is 82.1 Å². The molecule has 2 fully saturated rings. The Hall–Kier alpha value is -7.52. The van der Waals surface area contributed by atoms with Crippen LogP contribution in [0.4, 0.5) is 21.0 Å². The summed E-state index contributed by atoms with van der Waals surface area (Å²) in [7, 11) is 6.63. The van der Waals surface area contributed by atoms with Crippen LogP contribution >= 0.6 is 0 Å². The number of carboxylic acid groups (broad SMARTS) is 1. The Kier molecular flexibility index (Phi) is 17.4. The van der Waals surface area contributed by atoms with Gasteiger partial charge in [-0.1, -0.05) is 0 Å². The number of amides is 3. The number of benzene rings is 2. The maximum atomic E-state index is 13.4. The second-order valence-corrected chi connectivity index (χ2v) is 21.0. The number of pyridine rings is 2. The van der Waals surface area contributed by atoms with Gasteiger partial charge in [0.05, 0.1) is 36.3 Å². The highest BCUT2D eigenvalue weighted by atomic mass is 16.6. The number of rotatable bonds is 11. The van der Waals surface area contributed by atoms with E-state index in [1.54, 1.807) is 37.8 Å². The van der Waals surface area contributed by atoms with Crippen LogP contribution in [-0.2, 0) is 42.6 Å². The first-order valence-corrected chi connectivity index (χ1v) is 24.7. The molecule has 2 saturated heterocycles. The Morgan fingerprint density at radius 1 is 0.653 bits per heavy atom. The van der Waals surface area contributed by atoms with Gasteiger partial charge < -0.3 is 54.4 Å². The van der Waals surface area contributed by atoms with Crippen LogP contribution < -0.4 is 20.5 Å². The molecule has 4 N–H and O–H groups in total. The largest absolute Gasteiger partial charge is 0.479 e. The first-order chi connectivity index (χ1) is 35.1. The molecule has 2 aliphatic rings. The highest BCUT2D eigenvalue weighted by Crippen LogP contribution is 2.34. The number of nitrogens with one attached hydrogen (secondary N) is 1. The maximum Gasteiger partial charge on any atom is 0.410 e. The topological polar surface area (TPSA) is 250 Å². The molecule has 21 nitrogen and oxygen atoms in total. The number of ether oxygens (including phenoxy) is 6. The molecule has 0 aliphatic carbocycles. The van der Waals surface area contributed by atoms with E-state index < -0.39 is 40.6 Å². The summed E-state index contributed by atoms with van der Waals surface area (Å²) in [5, 5.41) is 23.3. The van der Waals surface area contributed by atoms with Gasteiger partial charge in [0.1, 0.15) is 22.6 Å². The number of carbonyl (C=O) groups is 4. The number of fused-ring (bicyclic) bond motifs is 2. The van der Waals surface area contributed by atoms with Gasteiger partial charge in [-0.3, -0.25) is 14.2 Å². The average molecular weight is 1040 g/mol. The second-order valence-electron chi connectivity index (χ2n) is 21.0. The van der Waals surface area contributed by atoms with Gasteiger partial charge in [0.2, 0.25) is 11.8 Å². The zero-order valence-electron chi connectivity index (χ0n) is 45.5. The third-order valence-electron chi connectivity index (χ3n) is 12.1. The average Bonchev–Trinajstić information content (AvgIpc) is 4.12. The molecule has 75 heavy (non-hydrogen) atoms. The Labute approximate surface area is 437 Å².